The van der Waals surface area contributed by atoms with Gasteiger partial charge in [-0.25, -0.2) is 13.4 Å². The Hall–Kier alpha value is -2.70. The van der Waals surface area contributed by atoms with Crippen LogP contribution in [0.2, 0.25) is 0 Å². The van der Waals surface area contributed by atoms with Crippen molar-refractivity contribution in [2.24, 2.45) is 0 Å². The van der Waals surface area contributed by atoms with Gasteiger partial charge >= 0.3 is 0 Å². The van der Waals surface area contributed by atoms with E-state index in [9.17, 15) is 8.42 Å². The Balaban J connectivity index is 1.56. The summed E-state index contributed by atoms with van der Waals surface area (Å²) in [5, 5.41) is 0.917. The molecule has 0 atom stereocenters. The van der Waals surface area contributed by atoms with Crippen molar-refractivity contribution in [2.45, 2.75) is 18.2 Å². The minimum Gasteiger partial charge on any atom is -0.280 e. The third-order valence-corrected chi connectivity index (χ3v) is 6.80. The van der Waals surface area contributed by atoms with Crippen molar-refractivity contribution >= 4 is 37.3 Å². The fourth-order valence-corrected chi connectivity index (χ4v) is 4.82. The normalized spacial score (nSPS) is 11.6. The van der Waals surface area contributed by atoms with Crippen molar-refractivity contribution in [3.63, 3.8) is 0 Å². The van der Waals surface area contributed by atoms with E-state index < -0.39 is 10.0 Å². The molecule has 0 spiro atoms. The molecule has 0 fully saturated rings. The molecule has 136 valence electrons. The predicted molar refractivity (Wildman–Crippen MR) is 112 cm³/mol. The average Bonchev–Trinajstić information content (AvgIpc) is 3.12. The number of aryl methyl sites for hydroxylation is 1. The maximum absolute atomic E-state index is 12.6. The summed E-state index contributed by atoms with van der Waals surface area (Å²) in [7, 11) is -3.60. The van der Waals surface area contributed by atoms with E-state index in [2.05, 4.69) is 9.71 Å². The van der Waals surface area contributed by atoms with Gasteiger partial charge in [0.2, 0.25) is 0 Å². The first-order valence-electron chi connectivity index (χ1n) is 8.63. The summed E-state index contributed by atoms with van der Waals surface area (Å²) in [5.74, 6) is 0. The van der Waals surface area contributed by atoms with E-state index in [0.29, 0.717) is 5.69 Å². The van der Waals surface area contributed by atoms with Crippen LogP contribution in [0.4, 0.5) is 5.69 Å². The van der Waals surface area contributed by atoms with Gasteiger partial charge in [0.15, 0.2) is 0 Å². The third kappa shape index (κ3) is 3.72. The quantitative estimate of drug-likeness (QED) is 0.498. The minimum absolute atomic E-state index is 0.259. The van der Waals surface area contributed by atoms with E-state index in [4.69, 9.17) is 0 Å². The molecule has 3 aromatic carbocycles. The number of hydrogen-bond acceptors (Lipinski definition) is 4. The zero-order valence-corrected chi connectivity index (χ0v) is 16.3. The topological polar surface area (TPSA) is 59.1 Å². The van der Waals surface area contributed by atoms with Crippen molar-refractivity contribution in [3.05, 3.63) is 78.4 Å². The summed E-state index contributed by atoms with van der Waals surface area (Å²) in [5.41, 5.74) is 3.57. The molecule has 27 heavy (non-hydrogen) atoms. The molecule has 4 rings (SSSR count). The average molecular weight is 395 g/mol. The molecular weight excluding hydrogens is 376 g/mol. The Morgan fingerprint density at radius 1 is 0.926 bits per heavy atom. The summed E-state index contributed by atoms with van der Waals surface area (Å²) in [6.07, 6.45) is 0.876. The second-order valence-electron chi connectivity index (χ2n) is 6.17. The second kappa shape index (κ2) is 7.13. The van der Waals surface area contributed by atoms with Crippen LogP contribution in [0.15, 0.2) is 77.7 Å². The molecule has 4 nitrogen and oxygen atoms in total. The first-order chi connectivity index (χ1) is 13.0. The molecule has 0 aliphatic heterocycles. The number of para-hydroxylation sites is 1. The van der Waals surface area contributed by atoms with Gasteiger partial charge in [0.1, 0.15) is 5.01 Å². The van der Waals surface area contributed by atoms with Gasteiger partial charge in [-0.1, -0.05) is 31.2 Å². The molecule has 0 aliphatic rings. The van der Waals surface area contributed by atoms with Gasteiger partial charge in [0.25, 0.3) is 10.0 Å². The highest BCUT2D eigenvalue weighted by atomic mass is 32.2. The smallest absolute Gasteiger partial charge is 0.261 e. The Labute approximate surface area is 162 Å². The summed E-state index contributed by atoms with van der Waals surface area (Å²) < 4.78 is 28.9. The van der Waals surface area contributed by atoms with E-state index in [-0.39, 0.29) is 4.90 Å². The van der Waals surface area contributed by atoms with E-state index in [1.54, 1.807) is 35.6 Å². The van der Waals surface area contributed by atoms with Gasteiger partial charge in [-0.05, 0) is 60.5 Å². The van der Waals surface area contributed by atoms with Gasteiger partial charge < -0.3 is 0 Å². The molecule has 0 saturated heterocycles. The highest BCUT2D eigenvalue weighted by Gasteiger charge is 2.14. The number of fused-ring (bicyclic) bond motifs is 1. The van der Waals surface area contributed by atoms with Crippen LogP contribution in [-0.4, -0.2) is 13.4 Å². The number of aromatic nitrogens is 1. The minimum atomic E-state index is -3.60. The molecule has 0 radical (unpaired) electrons. The van der Waals surface area contributed by atoms with Crippen molar-refractivity contribution in [1.82, 2.24) is 4.98 Å². The van der Waals surface area contributed by atoms with Crippen LogP contribution in [0.3, 0.4) is 0 Å². The van der Waals surface area contributed by atoms with Crippen LogP contribution in [0.5, 0.6) is 0 Å². The molecule has 0 aliphatic carbocycles. The number of benzene rings is 3. The maximum Gasteiger partial charge on any atom is 0.261 e. The molecule has 0 amide bonds. The van der Waals surface area contributed by atoms with Crippen molar-refractivity contribution in [2.75, 3.05) is 4.72 Å². The zero-order chi connectivity index (χ0) is 18.9. The lowest BCUT2D eigenvalue weighted by atomic mass is 10.2. The predicted octanol–water partition coefficient (Wildman–Crippen LogP) is 5.33. The molecule has 1 heterocycles. The molecule has 0 unspecified atom stereocenters. The van der Waals surface area contributed by atoms with Crippen LogP contribution in [-0.2, 0) is 16.4 Å². The van der Waals surface area contributed by atoms with Crippen LogP contribution in [0.25, 0.3) is 20.8 Å². The van der Waals surface area contributed by atoms with E-state index >= 15 is 0 Å². The number of anilines is 1. The molecule has 0 saturated carbocycles. The van der Waals surface area contributed by atoms with Gasteiger partial charge in [0.05, 0.1) is 15.1 Å². The summed E-state index contributed by atoms with van der Waals surface area (Å²) in [6, 6.07) is 22.2. The molecule has 1 aromatic heterocycles. The Kier molecular flexibility index (Phi) is 4.68. The highest BCUT2D eigenvalue weighted by Crippen LogP contribution is 2.30. The van der Waals surface area contributed by atoms with Crippen molar-refractivity contribution in [1.29, 1.82) is 0 Å². The number of nitrogens with zero attached hydrogens (tertiary/aromatic N) is 1. The number of nitrogens with one attached hydrogen (secondary N) is 1. The maximum atomic E-state index is 12.6. The molecule has 6 heteroatoms. The molecule has 1 N–H and O–H groups in total. The van der Waals surface area contributed by atoms with E-state index in [1.165, 1.54) is 0 Å². The van der Waals surface area contributed by atoms with Crippen LogP contribution >= 0.6 is 11.3 Å². The Morgan fingerprint density at radius 2 is 1.63 bits per heavy atom. The molecule has 0 bridgehead atoms. The van der Waals surface area contributed by atoms with Crippen LogP contribution in [0.1, 0.15) is 12.5 Å². The van der Waals surface area contributed by atoms with Crippen LogP contribution in [0, 0.1) is 0 Å². The SMILES string of the molecule is CCc1ccc(S(=O)(=O)Nc2ccc(-c3nc4ccccc4s3)cc2)cc1. The fourth-order valence-electron chi connectivity index (χ4n) is 2.79. The lowest BCUT2D eigenvalue weighted by molar-refractivity contribution is 0.601. The van der Waals surface area contributed by atoms with Gasteiger partial charge in [-0.3, -0.25) is 4.72 Å². The highest BCUT2D eigenvalue weighted by molar-refractivity contribution is 7.92. The van der Waals surface area contributed by atoms with Crippen LogP contribution < -0.4 is 4.72 Å². The number of sulfonamides is 1. The monoisotopic (exact) mass is 394 g/mol. The Morgan fingerprint density at radius 3 is 2.30 bits per heavy atom. The lowest BCUT2D eigenvalue weighted by Crippen LogP contribution is -2.12. The van der Waals surface area contributed by atoms with Crippen molar-refractivity contribution in [3.8, 4) is 10.6 Å². The lowest BCUT2D eigenvalue weighted by Gasteiger charge is -2.09. The van der Waals surface area contributed by atoms with Gasteiger partial charge in [-0.15, -0.1) is 11.3 Å². The number of hydrogen-bond donors (Lipinski definition) is 1. The molecular formula is C21H18N2O2S2. The third-order valence-electron chi connectivity index (χ3n) is 4.32. The van der Waals surface area contributed by atoms with E-state index in [0.717, 1.165) is 32.8 Å². The zero-order valence-electron chi connectivity index (χ0n) is 14.7. The number of rotatable bonds is 5. The summed E-state index contributed by atoms with van der Waals surface area (Å²) in [4.78, 5) is 4.89. The second-order valence-corrected chi connectivity index (χ2v) is 8.88. The largest absolute Gasteiger partial charge is 0.280 e. The van der Waals surface area contributed by atoms with Crippen molar-refractivity contribution < 1.29 is 8.42 Å². The fraction of sp³-hybridized carbons (Fsp3) is 0.0952. The first kappa shape index (κ1) is 17.7. The first-order valence-corrected chi connectivity index (χ1v) is 10.9. The summed E-state index contributed by atoms with van der Waals surface area (Å²) in [6.45, 7) is 2.04. The molecule has 4 aromatic rings. The van der Waals surface area contributed by atoms with Gasteiger partial charge in [0, 0.05) is 11.3 Å². The standard InChI is InChI=1S/C21H18N2O2S2/c1-2-15-7-13-18(14-8-15)27(24,25)23-17-11-9-16(10-12-17)21-22-19-5-3-4-6-20(19)26-21/h3-14,23H,2H2,1H3. The summed E-state index contributed by atoms with van der Waals surface area (Å²) >= 11 is 1.62. The van der Waals surface area contributed by atoms with Gasteiger partial charge in [-0.2, -0.15) is 0 Å². The van der Waals surface area contributed by atoms with E-state index in [1.807, 2.05) is 55.5 Å². The Bertz CT molecular complexity index is 1150. The number of thiazole rings is 1.